The first-order valence-corrected chi connectivity index (χ1v) is 8.83. The van der Waals surface area contributed by atoms with Crippen molar-refractivity contribution in [3.63, 3.8) is 0 Å². The van der Waals surface area contributed by atoms with Crippen LogP contribution >= 0.6 is 22.9 Å². The largest absolute Gasteiger partial charge is 0.296 e. The van der Waals surface area contributed by atoms with E-state index in [9.17, 15) is 4.79 Å². The molecule has 0 saturated carbocycles. The van der Waals surface area contributed by atoms with Crippen LogP contribution in [-0.2, 0) is 0 Å². The van der Waals surface area contributed by atoms with Gasteiger partial charge in [0.1, 0.15) is 5.69 Å². The zero-order valence-electron chi connectivity index (χ0n) is 12.9. The van der Waals surface area contributed by atoms with E-state index in [0.717, 1.165) is 22.0 Å². The molecule has 2 aromatic heterocycles. The van der Waals surface area contributed by atoms with Gasteiger partial charge in [-0.25, -0.2) is 9.97 Å². The molecule has 25 heavy (non-hydrogen) atoms. The lowest BCUT2D eigenvalue weighted by atomic mass is 10.0. The smallest absolute Gasteiger partial charge is 0.276 e. The normalized spacial score (nSPS) is 10.8. The van der Waals surface area contributed by atoms with Crippen LogP contribution in [0.1, 0.15) is 10.5 Å². The fourth-order valence-electron chi connectivity index (χ4n) is 2.61. The summed E-state index contributed by atoms with van der Waals surface area (Å²) in [7, 11) is 0. The van der Waals surface area contributed by atoms with Crippen LogP contribution in [0.15, 0.2) is 66.2 Å². The number of carbonyl (C=O) groups is 1. The van der Waals surface area contributed by atoms with Gasteiger partial charge in [-0.05, 0) is 23.8 Å². The molecule has 0 aliphatic carbocycles. The third kappa shape index (κ3) is 3.24. The van der Waals surface area contributed by atoms with E-state index in [1.54, 1.807) is 17.6 Å². The molecule has 6 heteroatoms. The monoisotopic (exact) mass is 365 g/mol. The number of anilines is 1. The number of benzene rings is 2. The minimum absolute atomic E-state index is 0.280. The lowest BCUT2D eigenvalue weighted by Crippen LogP contribution is -2.13. The molecule has 2 heterocycles. The van der Waals surface area contributed by atoms with Gasteiger partial charge >= 0.3 is 0 Å². The summed E-state index contributed by atoms with van der Waals surface area (Å²) in [6.45, 7) is 0. The molecule has 0 unspecified atom stereocenters. The number of nitrogens with zero attached hydrogens (tertiary/aromatic N) is 2. The number of aromatic nitrogens is 2. The van der Waals surface area contributed by atoms with Crippen LogP contribution in [0, 0.1) is 0 Å². The second-order valence-electron chi connectivity index (χ2n) is 5.38. The average Bonchev–Trinajstić information content (AvgIpc) is 3.13. The first kappa shape index (κ1) is 15.7. The second kappa shape index (κ2) is 6.63. The second-order valence-corrected chi connectivity index (χ2v) is 6.71. The highest BCUT2D eigenvalue weighted by molar-refractivity contribution is 7.13. The van der Waals surface area contributed by atoms with Crippen LogP contribution in [0.2, 0.25) is 5.02 Å². The maximum Gasteiger partial charge on any atom is 0.276 e. The molecule has 0 atom stereocenters. The van der Waals surface area contributed by atoms with Crippen molar-refractivity contribution in [1.82, 2.24) is 9.97 Å². The number of hydrogen-bond acceptors (Lipinski definition) is 4. The first-order chi connectivity index (χ1) is 12.2. The Morgan fingerprint density at radius 1 is 1.08 bits per heavy atom. The molecular weight excluding hydrogens is 354 g/mol. The van der Waals surface area contributed by atoms with Gasteiger partial charge in [0.2, 0.25) is 0 Å². The van der Waals surface area contributed by atoms with E-state index in [1.165, 1.54) is 11.3 Å². The van der Waals surface area contributed by atoms with E-state index in [1.807, 2.05) is 48.5 Å². The molecule has 122 valence electrons. The number of rotatable bonds is 3. The quantitative estimate of drug-likeness (QED) is 0.538. The highest BCUT2D eigenvalue weighted by Crippen LogP contribution is 2.29. The fourth-order valence-corrected chi connectivity index (χ4v) is 3.32. The van der Waals surface area contributed by atoms with Crippen molar-refractivity contribution < 1.29 is 4.79 Å². The zero-order valence-corrected chi connectivity index (χ0v) is 14.5. The average molecular weight is 366 g/mol. The predicted octanol–water partition coefficient (Wildman–Crippen LogP) is 5.26. The van der Waals surface area contributed by atoms with Crippen LogP contribution in [-0.4, -0.2) is 15.9 Å². The highest BCUT2D eigenvalue weighted by Gasteiger charge is 2.12. The fraction of sp³-hybridized carbons (Fsp3) is 0. The molecule has 0 saturated heterocycles. The first-order valence-electron chi connectivity index (χ1n) is 7.57. The summed E-state index contributed by atoms with van der Waals surface area (Å²) < 4.78 is 0. The Hall–Kier alpha value is -2.76. The Kier molecular flexibility index (Phi) is 4.17. The molecule has 0 spiro atoms. The molecule has 0 aliphatic heterocycles. The number of hydrogen-bond donors (Lipinski definition) is 1. The lowest BCUT2D eigenvalue weighted by molar-refractivity contribution is 0.102. The Labute approximate surface area is 153 Å². The van der Waals surface area contributed by atoms with Gasteiger partial charge in [0.15, 0.2) is 5.13 Å². The number of fused-ring (bicyclic) bond motifs is 1. The van der Waals surface area contributed by atoms with Crippen LogP contribution in [0.4, 0.5) is 5.13 Å². The van der Waals surface area contributed by atoms with Crippen molar-refractivity contribution in [2.45, 2.75) is 0 Å². The van der Waals surface area contributed by atoms with Crippen LogP contribution in [0.3, 0.4) is 0 Å². The Balaban J connectivity index is 1.79. The summed E-state index contributed by atoms with van der Waals surface area (Å²) in [6.07, 6.45) is 1.64. The molecule has 2 aromatic carbocycles. The van der Waals surface area contributed by atoms with Gasteiger partial charge in [0, 0.05) is 27.5 Å². The Morgan fingerprint density at radius 2 is 1.96 bits per heavy atom. The van der Waals surface area contributed by atoms with Crippen molar-refractivity contribution in [2.75, 3.05) is 5.32 Å². The van der Waals surface area contributed by atoms with E-state index in [4.69, 9.17) is 11.6 Å². The molecule has 1 N–H and O–H groups in total. The van der Waals surface area contributed by atoms with Crippen LogP contribution < -0.4 is 5.32 Å². The number of carbonyl (C=O) groups excluding carboxylic acids is 1. The summed E-state index contributed by atoms with van der Waals surface area (Å²) in [4.78, 5) is 21.1. The summed E-state index contributed by atoms with van der Waals surface area (Å²) in [5.41, 5.74) is 3.00. The topological polar surface area (TPSA) is 54.9 Å². The number of nitrogens with one attached hydrogen (secondary N) is 1. The van der Waals surface area contributed by atoms with Crippen molar-refractivity contribution in [3.05, 3.63) is 76.9 Å². The van der Waals surface area contributed by atoms with E-state index in [-0.39, 0.29) is 5.91 Å². The van der Waals surface area contributed by atoms with Gasteiger partial charge in [-0.15, -0.1) is 11.3 Å². The van der Waals surface area contributed by atoms with E-state index < -0.39 is 0 Å². The van der Waals surface area contributed by atoms with Crippen molar-refractivity contribution in [3.8, 4) is 11.1 Å². The van der Waals surface area contributed by atoms with E-state index >= 15 is 0 Å². The van der Waals surface area contributed by atoms with Gasteiger partial charge < -0.3 is 0 Å². The number of para-hydroxylation sites is 1. The van der Waals surface area contributed by atoms with Gasteiger partial charge in [-0.1, -0.05) is 48.0 Å². The highest BCUT2D eigenvalue weighted by atomic mass is 35.5. The van der Waals surface area contributed by atoms with Crippen molar-refractivity contribution in [1.29, 1.82) is 0 Å². The minimum Gasteiger partial charge on any atom is -0.296 e. The van der Waals surface area contributed by atoms with Gasteiger partial charge in [0.25, 0.3) is 5.91 Å². The summed E-state index contributed by atoms with van der Waals surface area (Å²) in [5.74, 6) is -0.280. The van der Waals surface area contributed by atoms with E-state index in [0.29, 0.717) is 15.8 Å². The molecule has 4 rings (SSSR count). The summed E-state index contributed by atoms with van der Waals surface area (Å²) >= 11 is 7.48. The third-order valence-electron chi connectivity index (χ3n) is 3.74. The van der Waals surface area contributed by atoms with Gasteiger partial charge in [-0.3, -0.25) is 10.1 Å². The molecule has 0 fully saturated rings. The minimum atomic E-state index is -0.280. The lowest BCUT2D eigenvalue weighted by Gasteiger charge is -2.08. The summed E-state index contributed by atoms with van der Waals surface area (Å²) in [6, 6.07) is 17.1. The number of pyridine rings is 1. The Bertz CT molecular complexity index is 1060. The summed E-state index contributed by atoms with van der Waals surface area (Å²) in [5, 5.41) is 6.73. The molecule has 4 nitrogen and oxygen atoms in total. The third-order valence-corrected chi connectivity index (χ3v) is 4.66. The molecule has 4 aromatic rings. The van der Waals surface area contributed by atoms with E-state index in [2.05, 4.69) is 15.3 Å². The molecule has 1 amide bonds. The van der Waals surface area contributed by atoms with Crippen LogP contribution in [0.25, 0.3) is 22.0 Å². The number of halogens is 1. The molecule has 0 aliphatic rings. The zero-order chi connectivity index (χ0) is 17.2. The molecular formula is C19H12ClN3OS. The van der Waals surface area contributed by atoms with Gasteiger partial charge in [0.05, 0.1) is 5.52 Å². The van der Waals surface area contributed by atoms with Crippen molar-refractivity contribution in [2.24, 2.45) is 0 Å². The number of thiazole rings is 1. The molecule has 0 radical (unpaired) electrons. The van der Waals surface area contributed by atoms with Gasteiger partial charge in [-0.2, -0.15) is 0 Å². The predicted molar refractivity (Wildman–Crippen MR) is 102 cm³/mol. The number of amides is 1. The Morgan fingerprint density at radius 3 is 2.76 bits per heavy atom. The van der Waals surface area contributed by atoms with Crippen molar-refractivity contribution >= 4 is 44.9 Å². The maximum atomic E-state index is 12.4. The van der Waals surface area contributed by atoms with Crippen LogP contribution in [0.5, 0.6) is 0 Å². The SMILES string of the molecule is O=C(Nc1nccs1)c1ccc2cccc(-c3cccc(Cl)c3)c2n1. The maximum absolute atomic E-state index is 12.4. The standard InChI is InChI=1S/C19H12ClN3OS/c20-14-5-1-4-13(11-14)15-6-2-3-12-7-8-16(22-17(12)15)18(24)23-19-21-9-10-25-19/h1-11H,(H,21,23,24). The molecule has 0 bridgehead atoms.